The number of nitrogens with zero attached hydrogens (tertiary/aromatic N) is 1. The van der Waals surface area contributed by atoms with E-state index in [1.165, 1.54) is 6.20 Å². The van der Waals surface area contributed by atoms with E-state index in [9.17, 15) is 8.78 Å². The maximum Gasteiger partial charge on any atom is 0.175 e. The van der Waals surface area contributed by atoms with Gasteiger partial charge in [-0.15, -0.1) is 0 Å². The fourth-order valence-corrected chi connectivity index (χ4v) is 2.74. The first-order valence-corrected chi connectivity index (χ1v) is 6.26. The largest absolute Gasteiger partial charge is 0.356 e. The van der Waals surface area contributed by atoms with Crippen molar-refractivity contribution in [2.24, 2.45) is 0 Å². The highest BCUT2D eigenvalue weighted by molar-refractivity contribution is 5.85. The molecule has 0 saturated carbocycles. The molecule has 0 atom stereocenters. The van der Waals surface area contributed by atoms with Crippen molar-refractivity contribution in [3.8, 4) is 22.5 Å². The Hall–Kier alpha value is -2.49. The Kier molecular flexibility index (Phi) is 2.27. The minimum absolute atomic E-state index is 0.248. The topological polar surface area (TPSA) is 26.0 Å². The molecule has 98 valence electrons. The highest BCUT2D eigenvalue weighted by Crippen LogP contribution is 2.41. The summed E-state index contributed by atoms with van der Waals surface area (Å²) in [6, 6.07) is 10.4. The molecule has 0 N–H and O–H groups in total. The van der Waals surface area contributed by atoms with Crippen LogP contribution in [-0.2, 0) is 6.42 Å². The molecule has 0 fully saturated rings. The normalized spacial score (nSPS) is 12.3. The molecule has 0 aliphatic heterocycles. The van der Waals surface area contributed by atoms with Gasteiger partial charge >= 0.3 is 0 Å². The Morgan fingerprint density at radius 1 is 0.950 bits per heavy atom. The average Bonchev–Trinajstić information content (AvgIpc) is 2.88. The lowest BCUT2D eigenvalue weighted by Crippen LogP contribution is -1.96. The van der Waals surface area contributed by atoms with Gasteiger partial charge in [-0.25, -0.2) is 8.78 Å². The first-order chi connectivity index (χ1) is 9.75. The zero-order valence-electron chi connectivity index (χ0n) is 10.4. The fraction of sp³-hybridized carbons (Fsp3) is 0.0625. The third kappa shape index (κ3) is 1.45. The summed E-state index contributed by atoms with van der Waals surface area (Å²) < 4.78 is 33.0. The Labute approximate surface area is 113 Å². The van der Waals surface area contributed by atoms with Gasteiger partial charge in [-0.3, -0.25) is 0 Å². The van der Waals surface area contributed by atoms with Crippen LogP contribution >= 0.6 is 0 Å². The molecule has 0 saturated heterocycles. The molecule has 1 heterocycles. The first-order valence-electron chi connectivity index (χ1n) is 6.26. The van der Waals surface area contributed by atoms with Crippen LogP contribution in [0.4, 0.5) is 8.78 Å². The predicted molar refractivity (Wildman–Crippen MR) is 70.1 cm³/mol. The summed E-state index contributed by atoms with van der Waals surface area (Å²) in [4.78, 5) is 0. The minimum Gasteiger partial charge on any atom is -0.356 e. The van der Waals surface area contributed by atoms with Crippen molar-refractivity contribution in [2.75, 3.05) is 0 Å². The van der Waals surface area contributed by atoms with Gasteiger partial charge in [0, 0.05) is 11.1 Å². The van der Waals surface area contributed by atoms with E-state index in [-0.39, 0.29) is 5.56 Å². The van der Waals surface area contributed by atoms with Crippen LogP contribution in [0.1, 0.15) is 11.1 Å². The average molecular weight is 269 g/mol. The monoisotopic (exact) mass is 269 g/mol. The molecule has 1 aromatic heterocycles. The molecule has 0 spiro atoms. The predicted octanol–water partition coefficient (Wildman–Crippen LogP) is 4.19. The van der Waals surface area contributed by atoms with Crippen molar-refractivity contribution < 1.29 is 13.3 Å². The van der Waals surface area contributed by atoms with E-state index >= 15 is 0 Å². The number of fused-ring (bicyclic) bond motifs is 5. The van der Waals surface area contributed by atoms with Crippen molar-refractivity contribution >= 4 is 0 Å². The van der Waals surface area contributed by atoms with Crippen molar-refractivity contribution in [1.29, 1.82) is 0 Å². The Bertz CT molecular complexity index is 823. The Morgan fingerprint density at radius 2 is 1.80 bits per heavy atom. The van der Waals surface area contributed by atoms with E-state index in [1.807, 2.05) is 24.3 Å². The minimum atomic E-state index is -0.859. The van der Waals surface area contributed by atoms with Crippen LogP contribution < -0.4 is 0 Å². The number of hydrogen-bond donors (Lipinski definition) is 0. The van der Waals surface area contributed by atoms with Crippen LogP contribution in [0.3, 0.4) is 0 Å². The molecule has 2 aromatic carbocycles. The highest BCUT2D eigenvalue weighted by atomic mass is 19.2. The SMILES string of the molecule is Fc1ccc2c(c1F)-c1cnoc1-c1ccccc1C2. The molecular weight excluding hydrogens is 260 g/mol. The zero-order chi connectivity index (χ0) is 13.7. The number of aromatic nitrogens is 1. The second-order valence-electron chi connectivity index (χ2n) is 4.80. The van der Waals surface area contributed by atoms with Crippen LogP contribution in [0, 0.1) is 11.6 Å². The summed E-state index contributed by atoms with van der Waals surface area (Å²) in [5, 5.41) is 3.75. The van der Waals surface area contributed by atoms with Gasteiger partial charge in [-0.2, -0.15) is 0 Å². The van der Waals surface area contributed by atoms with Crippen LogP contribution in [0.2, 0.25) is 0 Å². The molecule has 0 unspecified atom stereocenters. The molecule has 1 aliphatic rings. The maximum atomic E-state index is 14.2. The van der Waals surface area contributed by atoms with Gasteiger partial charge < -0.3 is 4.52 Å². The van der Waals surface area contributed by atoms with Gasteiger partial charge in [-0.1, -0.05) is 35.5 Å². The molecule has 2 nitrogen and oxygen atoms in total. The number of hydrogen-bond acceptors (Lipinski definition) is 2. The molecule has 0 radical (unpaired) electrons. The molecule has 3 aromatic rings. The summed E-state index contributed by atoms with van der Waals surface area (Å²) in [5.74, 6) is -1.22. The van der Waals surface area contributed by atoms with Crippen molar-refractivity contribution in [1.82, 2.24) is 5.16 Å². The van der Waals surface area contributed by atoms with Crippen molar-refractivity contribution in [3.05, 3.63) is 65.4 Å². The number of rotatable bonds is 0. The molecule has 4 heteroatoms. The molecule has 20 heavy (non-hydrogen) atoms. The summed E-state index contributed by atoms with van der Waals surface area (Å²) in [6.07, 6.45) is 1.98. The van der Waals surface area contributed by atoms with Crippen LogP contribution in [0.5, 0.6) is 0 Å². The van der Waals surface area contributed by atoms with Crippen LogP contribution in [0.15, 0.2) is 47.1 Å². The van der Waals surface area contributed by atoms with Gasteiger partial charge in [0.25, 0.3) is 0 Å². The number of benzene rings is 2. The molecular formula is C16H9F2NO. The van der Waals surface area contributed by atoms with Crippen molar-refractivity contribution in [2.45, 2.75) is 6.42 Å². The third-order valence-corrected chi connectivity index (χ3v) is 3.66. The van der Waals surface area contributed by atoms with E-state index in [4.69, 9.17) is 4.52 Å². The fourth-order valence-electron chi connectivity index (χ4n) is 2.74. The molecule has 0 bridgehead atoms. The van der Waals surface area contributed by atoms with E-state index in [2.05, 4.69) is 5.16 Å². The van der Waals surface area contributed by atoms with E-state index in [0.29, 0.717) is 17.7 Å². The van der Waals surface area contributed by atoms with Crippen LogP contribution in [-0.4, -0.2) is 5.16 Å². The lowest BCUT2D eigenvalue weighted by molar-refractivity contribution is 0.432. The van der Waals surface area contributed by atoms with Crippen molar-refractivity contribution in [3.63, 3.8) is 0 Å². The third-order valence-electron chi connectivity index (χ3n) is 3.66. The van der Waals surface area contributed by atoms with Gasteiger partial charge in [0.2, 0.25) is 0 Å². The lowest BCUT2D eigenvalue weighted by Gasteiger charge is -2.07. The second kappa shape index (κ2) is 4.00. The Morgan fingerprint density at radius 3 is 2.70 bits per heavy atom. The Balaban J connectivity index is 2.13. The zero-order valence-corrected chi connectivity index (χ0v) is 10.4. The standard InChI is InChI=1S/C16H9F2NO/c17-13-6-5-10-7-9-3-1-2-4-11(9)16-12(8-19-20-16)14(10)15(13)18/h1-6,8H,7H2. The smallest absolute Gasteiger partial charge is 0.175 e. The van der Waals surface area contributed by atoms with Gasteiger partial charge in [0.05, 0.1) is 11.8 Å². The summed E-state index contributed by atoms with van der Waals surface area (Å²) in [6.45, 7) is 0. The van der Waals surface area contributed by atoms with E-state index < -0.39 is 11.6 Å². The maximum absolute atomic E-state index is 14.2. The summed E-state index contributed by atoms with van der Waals surface area (Å²) >= 11 is 0. The molecule has 4 rings (SSSR count). The number of halogens is 2. The molecule has 1 aliphatic carbocycles. The second-order valence-corrected chi connectivity index (χ2v) is 4.80. The summed E-state index contributed by atoms with van der Waals surface area (Å²) in [7, 11) is 0. The summed E-state index contributed by atoms with van der Waals surface area (Å²) in [5.41, 5.74) is 3.36. The quantitative estimate of drug-likeness (QED) is 0.478. The van der Waals surface area contributed by atoms with E-state index in [0.717, 1.165) is 22.8 Å². The lowest BCUT2D eigenvalue weighted by atomic mass is 9.98. The molecule has 0 amide bonds. The first kappa shape index (κ1) is 11.3. The van der Waals surface area contributed by atoms with Gasteiger partial charge in [-0.05, 0) is 23.6 Å². The highest BCUT2D eigenvalue weighted by Gasteiger charge is 2.26. The van der Waals surface area contributed by atoms with E-state index in [1.54, 1.807) is 6.07 Å². The van der Waals surface area contributed by atoms with Gasteiger partial charge in [0.1, 0.15) is 0 Å². The van der Waals surface area contributed by atoms with Gasteiger partial charge in [0.15, 0.2) is 17.4 Å². The van der Waals surface area contributed by atoms with Crippen LogP contribution in [0.25, 0.3) is 22.5 Å².